The van der Waals surface area contributed by atoms with Crippen molar-refractivity contribution in [3.8, 4) is 11.4 Å². The van der Waals surface area contributed by atoms with Gasteiger partial charge in [0.1, 0.15) is 17.3 Å². The predicted molar refractivity (Wildman–Crippen MR) is 138 cm³/mol. The van der Waals surface area contributed by atoms with E-state index in [1.807, 2.05) is 24.5 Å². The highest BCUT2D eigenvalue weighted by Crippen LogP contribution is 2.29. The first-order valence-corrected chi connectivity index (χ1v) is 12.4. The largest absolute Gasteiger partial charge is 0.481 e. The Bertz CT molecular complexity index is 1230. The van der Waals surface area contributed by atoms with Crippen molar-refractivity contribution in [2.45, 2.75) is 64.3 Å². The first-order valence-electron chi connectivity index (χ1n) is 12.0. The van der Waals surface area contributed by atoms with Crippen LogP contribution in [0.15, 0.2) is 48.5 Å². The van der Waals surface area contributed by atoms with Crippen molar-refractivity contribution in [3.63, 3.8) is 0 Å². The van der Waals surface area contributed by atoms with E-state index in [1.54, 1.807) is 30.3 Å². The van der Waals surface area contributed by atoms with Gasteiger partial charge in [-0.1, -0.05) is 37.6 Å². The molecule has 0 fully saturated rings. The third kappa shape index (κ3) is 7.85. The molecule has 4 N–H and O–H groups in total. The van der Waals surface area contributed by atoms with E-state index in [9.17, 15) is 24.2 Å². The monoisotopic (exact) mass is 531 g/mol. The lowest BCUT2D eigenvalue weighted by Gasteiger charge is -2.19. The van der Waals surface area contributed by atoms with Gasteiger partial charge in [-0.2, -0.15) is 0 Å². The Labute approximate surface area is 219 Å². The Morgan fingerprint density at radius 2 is 1.81 bits per heavy atom. The number of aromatic nitrogens is 2. The summed E-state index contributed by atoms with van der Waals surface area (Å²) in [5, 5.41) is 32.6. The molecule has 3 rings (SSSR count). The summed E-state index contributed by atoms with van der Waals surface area (Å²) in [5.74, 6) is -1.63. The number of amides is 1. The van der Waals surface area contributed by atoms with Crippen LogP contribution < -0.4 is 5.32 Å². The lowest BCUT2D eigenvalue weighted by atomic mass is 10.0. The molecule has 2 aromatic carbocycles. The number of halogens is 2. The smallest absolute Gasteiger partial charge is 0.305 e. The molecule has 0 saturated heterocycles. The average molecular weight is 532 g/mol. The highest BCUT2D eigenvalue weighted by atomic mass is 35.5. The molecule has 3 aromatic rings. The van der Waals surface area contributed by atoms with Gasteiger partial charge in [-0.3, -0.25) is 9.59 Å². The molecule has 2 unspecified atom stereocenters. The number of carbonyl (C=O) groups excluding carboxylic acids is 1. The Hall–Kier alpha value is -3.27. The van der Waals surface area contributed by atoms with E-state index >= 15 is 0 Å². The Balaban J connectivity index is 1.90. The number of nitrogens with zero attached hydrogens (tertiary/aromatic N) is 2. The molecule has 2 atom stereocenters. The van der Waals surface area contributed by atoms with Gasteiger partial charge in [-0.05, 0) is 60.7 Å². The normalized spacial score (nSPS) is 12.9. The minimum Gasteiger partial charge on any atom is -0.481 e. The second-order valence-electron chi connectivity index (χ2n) is 9.22. The van der Waals surface area contributed by atoms with Crippen LogP contribution in [0, 0.1) is 5.82 Å². The number of carbonyl (C=O) groups is 2. The summed E-state index contributed by atoms with van der Waals surface area (Å²) < 4.78 is 15.4. The third-order valence-electron chi connectivity index (χ3n) is 5.85. The van der Waals surface area contributed by atoms with Crippen molar-refractivity contribution in [1.82, 2.24) is 14.9 Å². The Morgan fingerprint density at radius 1 is 1.11 bits per heavy atom. The van der Waals surface area contributed by atoms with Gasteiger partial charge in [0.2, 0.25) is 0 Å². The van der Waals surface area contributed by atoms with Gasteiger partial charge in [0, 0.05) is 23.7 Å². The molecule has 0 aliphatic rings. The Morgan fingerprint density at radius 3 is 2.43 bits per heavy atom. The van der Waals surface area contributed by atoms with Gasteiger partial charge in [-0.25, -0.2) is 9.37 Å². The quantitative estimate of drug-likeness (QED) is 0.275. The van der Waals surface area contributed by atoms with Crippen molar-refractivity contribution in [2.75, 3.05) is 0 Å². The number of hydrogen-bond donors (Lipinski definition) is 4. The first kappa shape index (κ1) is 28.3. The third-order valence-corrected chi connectivity index (χ3v) is 6.09. The fraction of sp³-hybridized carbons (Fsp3) is 0.370. The molecule has 0 bridgehead atoms. The van der Waals surface area contributed by atoms with Crippen molar-refractivity contribution in [1.29, 1.82) is 0 Å². The first-order chi connectivity index (χ1) is 17.5. The molecule has 0 saturated carbocycles. The van der Waals surface area contributed by atoms with Gasteiger partial charge >= 0.3 is 5.97 Å². The van der Waals surface area contributed by atoms with Crippen molar-refractivity contribution < 1.29 is 29.3 Å². The molecule has 37 heavy (non-hydrogen) atoms. The van der Waals surface area contributed by atoms with Crippen LogP contribution >= 0.6 is 11.6 Å². The van der Waals surface area contributed by atoms with E-state index < -0.39 is 30.4 Å². The number of rotatable bonds is 12. The lowest BCUT2D eigenvalue weighted by Crippen LogP contribution is -2.25. The van der Waals surface area contributed by atoms with E-state index in [4.69, 9.17) is 16.7 Å². The molecule has 8 nitrogen and oxygen atoms in total. The van der Waals surface area contributed by atoms with Crippen LogP contribution in [0.5, 0.6) is 0 Å². The number of nitrogens with one attached hydrogen (secondary N) is 1. The van der Waals surface area contributed by atoms with Gasteiger partial charge in [0.05, 0.1) is 24.3 Å². The molecular weight excluding hydrogens is 501 g/mol. The molecule has 10 heteroatoms. The SMILES string of the molecule is CC(C)c1c(C(=O)NCc2cccc(Cl)c2)nc(-c2ccc(F)cc2)n1CCC(O)CC(O)CC(=O)O. The summed E-state index contributed by atoms with van der Waals surface area (Å²) in [6.45, 7) is 4.33. The molecular formula is C27H31ClFN3O5. The fourth-order valence-electron chi connectivity index (χ4n) is 4.17. The molecule has 0 radical (unpaired) electrons. The zero-order valence-electron chi connectivity index (χ0n) is 20.7. The summed E-state index contributed by atoms with van der Waals surface area (Å²) in [5.41, 5.74) is 2.28. The molecule has 1 heterocycles. The van der Waals surface area contributed by atoms with E-state index in [-0.39, 0.29) is 43.5 Å². The maximum absolute atomic E-state index is 13.6. The van der Waals surface area contributed by atoms with Crippen LogP contribution in [0.4, 0.5) is 4.39 Å². The van der Waals surface area contributed by atoms with Crippen LogP contribution in [-0.2, 0) is 17.9 Å². The zero-order valence-corrected chi connectivity index (χ0v) is 21.5. The lowest BCUT2D eigenvalue weighted by molar-refractivity contribution is -0.139. The summed E-state index contributed by atoms with van der Waals surface area (Å²) in [7, 11) is 0. The second-order valence-corrected chi connectivity index (χ2v) is 9.66. The number of carboxylic acids is 1. The maximum Gasteiger partial charge on any atom is 0.305 e. The molecule has 0 aliphatic heterocycles. The Kier molecular flexibility index (Phi) is 9.79. The number of aliphatic carboxylic acids is 1. The van der Waals surface area contributed by atoms with Crippen molar-refractivity contribution in [2.24, 2.45) is 0 Å². The summed E-state index contributed by atoms with van der Waals surface area (Å²) in [4.78, 5) is 28.7. The summed E-state index contributed by atoms with van der Waals surface area (Å²) in [6.07, 6.45) is -2.53. The summed E-state index contributed by atoms with van der Waals surface area (Å²) in [6, 6.07) is 12.9. The average Bonchev–Trinajstić information content (AvgIpc) is 3.21. The van der Waals surface area contributed by atoms with Crippen LogP contribution in [0.25, 0.3) is 11.4 Å². The van der Waals surface area contributed by atoms with E-state index in [0.29, 0.717) is 22.1 Å². The van der Waals surface area contributed by atoms with Gasteiger partial charge < -0.3 is 25.2 Å². The van der Waals surface area contributed by atoms with Crippen LogP contribution in [0.1, 0.15) is 60.8 Å². The molecule has 1 aromatic heterocycles. The molecule has 0 spiro atoms. The minimum absolute atomic E-state index is 0.100. The zero-order chi connectivity index (χ0) is 27.1. The second kappa shape index (κ2) is 12.8. The van der Waals surface area contributed by atoms with Crippen LogP contribution in [0.3, 0.4) is 0 Å². The predicted octanol–water partition coefficient (Wildman–Crippen LogP) is 4.37. The van der Waals surface area contributed by atoms with Crippen molar-refractivity contribution >= 4 is 23.5 Å². The standard InChI is InChI=1S/C27H31ClFN3O5/c1-16(2)25-24(27(37)30-15-17-4-3-5-19(28)12-17)31-26(18-6-8-20(29)9-7-18)32(25)11-10-21(33)13-22(34)14-23(35)36/h3-9,12,16,21-22,33-34H,10-11,13-15H2,1-2H3,(H,30,37)(H,35,36). The highest BCUT2D eigenvalue weighted by molar-refractivity contribution is 6.30. The highest BCUT2D eigenvalue weighted by Gasteiger charge is 2.26. The van der Waals surface area contributed by atoms with E-state index in [0.717, 1.165) is 5.56 Å². The topological polar surface area (TPSA) is 125 Å². The summed E-state index contributed by atoms with van der Waals surface area (Å²) >= 11 is 6.04. The van der Waals surface area contributed by atoms with Crippen LogP contribution in [0.2, 0.25) is 5.02 Å². The van der Waals surface area contributed by atoms with Crippen molar-refractivity contribution in [3.05, 3.63) is 76.3 Å². The number of aliphatic hydroxyl groups excluding tert-OH is 2. The van der Waals surface area contributed by atoms with Gasteiger partial charge in [0.25, 0.3) is 5.91 Å². The number of benzene rings is 2. The number of carboxylic acid groups (broad SMARTS) is 1. The maximum atomic E-state index is 13.6. The molecule has 198 valence electrons. The number of aliphatic hydroxyl groups is 2. The molecule has 1 amide bonds. The number of imidazole rings is 1. The van der Waals surface area contributed by atoms with Gasteiger partial charge in [-0.15, -0.1) is 0 Å². The number of hydrogen-bond acceptors (Lipinski definition) is 5. The molecule has 0 aliphatic carbocycles. The van der Waals surface area contributed by atoms with Gasteiger partial charge in [0.15, 0.2) is 0 Å². The fourth-order valence-corrected chi connectivity index (χ4v) is 4.38. The minimum atomic E-state index is -1.18. The van der Waals surface area contributed by atoms with E-state index in [2.05, 4.69) is 10.3 Å². The van der Waals surface area contributed by atoms with Crippen LogP contribution in [-0.4, -0.2) is 49.0 Å². The van der Waals surface area contributed by atoms with E-state index in [1.165, 1.54) is 12.1 Å².